The van der Waals surface area contributed by atoms with E-state index in [1.807, 2.05) is 24.3 Å². The van der Waals surface area contributed by atoms with Crippen molar-refractivity contribution in [2.45, 2.75) is 37.4 Å². The smallest absolute Gasteiger partial charge is 0.210 e. The molecule has 1 aromatic carbocycles. The van der Waals surface area contributed by atoms with Crippen LogP contribution in [0.5, 0.6) is 0 Å². The van der Waals surface area contributed by atoms with Crippen molar-refractivity contribution in [3.05, 3.63) is 29.8 Å². The van der Waals surface area contributed by atoms with Crippen LogP contribution >= 0.6 is 11.8 Å². The lowest BCUT2D eigenvalue weighted by Gasteiger charge is -2.21. The lowest BCUT2D eigenvalue weighted by molar-refractivity contribution is 0.0315. The van der Waals surface area contributed by atoms with Gasteiger partial charge in [0, 0.05) is 17.9 Å². The summed E-state index contributed by atoms with van der Waals surface area (Å²) in [5.74, 6) is 7.69. The quantitative estimate of drug-likeness (QED) is 0.695. The monoisotopic (exact) mass is 304 g/mol. The van der Waals surface area contributed by atoms with Gasteiger partial charge in [0.15, 0.2) is 5.82 Å². The van der Waals surface area contributed by atoms with Crippen molar-refractivity contribution in [1.29, 1.82) is 0 Å². The molecule has 2 N–H and O–H groups in total. The van der Waals surface area contributed by atoms with Crippen LogP contribution in [0, 0.1) is 6.92 Å². The van der Waals surface area contributed by atoms with Gasteiger partial charge in [-0.2, -0.15) is 0 Å². The van der Waals surface area contributed by atoms with Crippen molar-refractivity contribution in [3.63, 3.8) is 0 Å². The van der Waals surface area contributed by atoms with E-state index in [9.17, 15) is 0 Å². The molecular formula is C15H20N4OS. The predicted molar refractivity (Wildman–Crippen MR) is 84.7 cm³/mol. The molecule has 21 heavy (non-hydrogen) atoms. The van der Waals surface area contributed by atoms with Gasteiger partial charge in [0.2, 0.25) is 5.16 Å². The van der Waals surface area contributed by atoms with Gasteiger partial charge in [-0.05, 0) is 26.2 Å². The fourth-order valence-corrected chi connectivity index (χ4v) is 3.30. The second-order valence-electron chi connectivity index (χ2n) is 5.34. The number of nitrogen functional groups attached to an aromatic ring is 1. The molecule has 112 valence electrons. The Balaban J connectivity index is 1.68. The van der Waals surface area contributed by atoms with Gasteiger partial charge >= 0.3 is 0 Å². The summed E-state index contributed by atoms with van der Waals surface area (Å²) in [5.41, 5.74) is 2.20. The summed E-state index contributed by atoms with van der Waals surface area (Å²) in [5, 5.41) is 9.14. The van der Waals surface area contributed by atoms with E-state index in [4.69, 9.17) is 10.6 Å². The number of nitrogens with two attached hydrogens (primary N) is 1. The molecule has 0 radical (unpaired) electrons. The number of hydrogen-bond acceptors (Lipinski definition) is 5. The minimum atomic E-state index is 0.309. The summed E-state index contributed by atoms with van der Waals surface area (Å²) in [6.07, 6.45) is 3.85. The van der Waals surface area contributed by atoms with Crippen molar-refractivity contribution in [3.8, 4) is 11.4 Å². The standard InChI is InChI=1S/C15H20N4OS/c1-11-5-7-12(8-6-11)14-17-18-15(19(14)16)21-10-13-4-2-3-9-20-13/h5-8,13H,2-4,9-10,16H2,1H3. The fourth-order valence-electron chi connectivity index (χ4n) is 2.38. The predicted octanol–water partition coefficient (Wildman–Crippen LogP) is 2.63. The maximum absolute atomic E-state index is 6.12. The molecule has 2 heterocycles. The average molecular weight is 304 g/mol. The van der Waals surface area contributed by atoms with E-state index in [1.165, 1.54) is 18.4 Å². The first-order chi connectivity index (χ1) is 10.2. The SMILES string of the molecule is Cc1ccc(-c2nnc(SCC3CCCCO3)n2N)cc1. The summed E-state index contributed by atoms with van der Waals surface area (Å²) in [6, 6.07) is 8.13. The fraction of sp³-hybridized carbons (Fsp3) is 0.467. The van der Waals surface area contributed by atoms with Gasteiger partial charge in [0.1, 0.15) is 0 Å². The van der Waals surface area contributed by atoms with Gasteiger partial charge in [0.05, 0.1) is 6.10 Å². The number of ether oxygens (including phenoxy) is 1. The Morgan fingerprint density at radius 1 is 1.29 bits per heavy atom. The van der Waals surface area contributed by atoms with Gasteiger partial charge in [-0.25, -0.2) is 4.68 Å². The Labute approximate surface area is 128 Å². The van der Waals surface area contributed by atoms with Crippen LogP contribution in [-0.4, -0.2) is 33.3 Å². The van der Waals surface area contributed by atoms with Crippen molar-refractivity contribution >= 4 is 11.8 Å². The molecule has 6 heteroatoms. The van der Waals surface area contributed by atoms with Crippen molar-refractivity contribution in [1.82, 2.24) is 14.9 Å². The second kappa shape index (κ2) is 6.49. The molecule has 3 rings (SSSR count). The first-order valence-electron chi connectivity index (χ1n) is 7.26. The molecule has 5 nitrogen and oxygen atoms in total. The van der Waals surface area contributed by atoms with Crippen LogP contribution in [-0.2, 0) is 4.74 Å². The number of benzene rings is 1. The highest BCUT2D eigenvalue weighted by molar-refractivity contribution is 7.99. The minimum Gasteiger partial charge on any atom is -0.377 e. The summed E-state index contributed by atoms with van der Waals surface area (Å²) in [4.78, 5) is 0. The number of aromatic nitrogens is 3. The molecule has 0 aliphatic carbocycles. The summed E-state index contributed by atoms with van der Waals surface area (Å²) in [7, 11) is 0. The number of hydrogen-bond donors (Lipinski definition) is 1. The third kappa shape index (κ3) is 3.39. The highest BCUT2D eigenvalue weighted by atomic mass is 32.2. The third-order valence-electron chi connectivity index (χ3n) is 3.65. The molecule has 0 bridgehead atoms. The van der Waals surface area contributed by atoms with Crippen LogP contribution in [0.25, 0.3) is 11.4 Å². The van der Waals surface area contributed by atoms with Crippen LogP contribution < -0.4 is 5.84 Å². The molecule has 1 fully saturated rings. The lowest BCUT2D eigenvalue weighted by atomic mass is 10.1. The highest BCUT2D eigenvalue weighted by Crippen LogP contribution is 2.24. The lowest BCUT2D eigenvalue weighted by Crippen LogP contribution is -2.22. The number of nitrogens with zero attached hydrogens (tertiary/aromatic N) is 3. The Morgan fingerprint density at radius 3 is 2.81 bits per heavy atom. The zero-order chi connectivity index (χ0) is 14.7. The first kappa shape index (κ1) is 14.4. The molecule has 0 saturated carbocycles. The molecule has 1 saturated heterocycles. The number of rotatable bonds is 4. The Kier molecular flexibility index (Phi) is 4.45. The van der Waals surface area contributed by atoms with Crippen molar-refractivity contribution < 1.29 is 4.74 Å². The molecule has 0 spiro atoms. The summed E-state index contributed by atoms with van der Waals surface area (Å²) in [6.45, 7) is 2.93. The number of aryl methyl sites for hydroxylation is 1. The largest absolute Gasteiger partial charge is 0.377 e. The maximum Gasteiger partial charge on any atom is 0.210 e. The molecule has 1 aromatic heterocycles. The zero-order valence-electron chi connectivity index (χ0n) is 12.2. The van der Waals surface area contributed by atoms with Gasteiger partial charge in [0.25, 0.3) is 0 Å². The Hall–Kier alpha value is -1.53. The maximum atomic E-state index is 6.12. The van der Waals surface area contributed by atoms with E-state index >= 15 is 0 Å². The van der Waals surface area contributed by atoms with Crippen LogP contribution in [0.2, 0.25) is 0 Å². The molecule has 1 atom stereocenters. The molecule has 0 amide bonds. The molecular weight excluding hydrogens is 284 g/mol. The third-order valence-corrected chi connectivity index (χ3v) is 4.72. The van der Waals surface area contributed by atoms with E-state index in [2.05, 4.69) is 17.1 Å². The van der Waals surface area contributed by atoms with E-state index < -0.39 is 0 Å². The van der Waals surface area contributed by atoms with E-state index in [0.29, 0.717) is 11.9 Å². The molecule has 1 unspecified atom stereocenters. The van der Waals surface area contributed by atoms with Gasteiger partial charge < -0.3 is 10.6 Å². The van der Waals surface area contributed by atoms with E-state index in [-0.39, 0.29) is 0 Å². The van der Waals surface area contributed by atoms with Gasteiger partial charge in [-0.3, -0.25) is 0 Å². The van der Waals surface area contributed by atoms with Crippen LogP contribution in [0.15, 0.2) is 29.4 Å². The number of thioether (sulfide) groups is 1. The van der Waals surface area contributed by atoms with Crippen molar-refractivity contribution in [2.75, 3.05) is 18.2 Å². The van der Waals surface area contributed by atoms with Crippen LogP contribution in [0.3, 0.4) is 0 Å². The van der Waals surface area contributed by atoms with Crippen LogP contribution in [0.1, 0.15) is 24.8 Å². The van der Waals surface area contributed by atoms with Gasteiger partial charge in [-0.1, -0.05) is 41.6 Å². The average Bonchev–Trinajstić information content (AvgIpc) is 2.88. The van der Waals surface area contributed by atoms with Crippen LogP contribution in [0.4, 0.5) is 0 Å². The summed E-state index contributed by atoms with van der Waals surface area (Å²) >= 11 is 1.61. The zero-order valence-corrected chi connectivity index (χ0v) is 13.0. The summed E-state index contributed by atoms with van der Waals surface area (Å²) < 4.78 is 7.29. The van der Waals surface area contributed by atoms with Gasteiger partial charge in [-0.15, -0.1) is 10.2 Å². The van der Waals surface area contributed by atoms with E-state index in [1.54, 1.807) is 16.4 Å². The van der Waals surface area contributed by atoms with E-state index in [0.717, 1.165) is 29.5 Å². The Morgan fingerprint density at radius 2 is 2.10 bits per heavy atom. The molecule has 1 aliphatic heterocycles. The minimum absolute atomic E-state index is 0.309. The van der Waals surface area contributed by atoms with Crippen molar-refractivity contribution in [2.24, 2.45) is 0 Å². The first-order valence-corrected chi connectivity index (χ1v) is 8.24. The second-order valence-corrected chi connectivity index (χ2v) is 6.33. The Bertz CT molecular complexity index is 590. The normalized spacial score (nSPS) is 18.8. The molecule has 2 aromatic rings. The molecule has 1 aliphatic rings. The highest BCUT2D eigenvalue weighted by Gasteiger charge is 2.17. The topological polar surface area (TPSA) is 66.0 Å².